The van der Waals surface area contributed by atoms with Crippen LogP contribution in [0.15, 0.2) is 42.5 Å². The second-order valence-corrected chi connectivity index (χ2v) is 6.18. The number of benzene rings is 2. The summed E-state index contributed by atoms with van der Waals surface area (Å²) in [4.78, 5) is 11.9. The Balaban J connectivity index is 1.88. The molecule has 1 N–H and O–H groups in total. The summed E-state index contributed by atoms with van der Waals surface area (Å²) < 4.78 is 0. The Kier molecular flexibility index (Phi) is 6.14. The van der Waals surface area contributed by atoms with Crippen molar-refractivity contribution in [2.45, 2.75) is 5.75 Å². The van der Waals surface area contributed by atoms with Gasteiger partial charge < -0.3 is 5.32 Å². The monoisotopic (exact) mass is 350 g/mol. The van der Waals surface area contributed by atoms with Crippen LogP contribution in [-0.2, 0) is 10.5 Å². The third-order valence-electron chi connectivity index (χ3n) is 2.85. The lowest BCUT2D eigenvalue weighted by Crippen LogP contribution is -2.14. The minimum atomic E-state index is -0.163. The van der Waals surface area contributed by atoms with Gasteiger partial charge in [0.05, 0.1) is 33.1 Å². The minimum absolute atomic E-state index is 0.163. The molecule has 0 bridgehead atoms. The van der Waals surface area contributed by atoms with E-state index in [2.05, 4.69) is 11.4 Å². The molecule has 1 amide bonds. The first-order valence-corrected chi connectivity index (χ1v) is 8.32. The van der Waals surface area contributed by atoms with Crippen molar-refractivity contribution in [1.29, 1.82) is 5.26 Å². The van der Waals surface area contributed by atoms with Crippen molar-refractivity contribution in [1.82, 2.24) is 0 Å². The molecule has 0 aliphatic heterocycles. The number of carbonyl (C=O) groups excluding carboxylic acids is 1. The van der Waals surface area contributed by atoms with Crippen molar-refractivity contribution in [3.05, 3.63) is 63.6 Å². The highest BCUT2D eigenvalue weighted by molar-refractivity contribution is 7.99. The van der Waals surface area contributed by atoms with Gasteiger partial charge in [-0.15, -0.1) is 11.8 Å². The number of amides is 1. The molecular weight excluding hydrogens is 339 g/mol. The Labute approximate surface area is 143 Å². The SMILES string of the molecule is N#Cc1ccccc1CSCC(=O)Nc1cccc(Cl)c1Cl. The van der Waals surface area contributed by atoms with Gasteiger partial charge in [-0.2, -0.15) is 5.26 Å². The van der Waals surface area contributed by atoms with E-state index in [-0.39, 0.29) is 11.7 Å². The molecular formula is C16H12Cl2N2OS. The number of anilines is 1. The molecule has 0 saturated heterocycles. The third kappa shape index (κ3) is 4.41. The zero-order chi connectivity index (χ0) is 15.9. The molecule has 0 heterocycles. The molecule has 0 aliphatic carbocycles. The first-order valence-electron chi connectivity index (χ1n) is 6.41. The summed E-state index contributed by atoms with van der Waals surface area (Å²) in [6.45, 7) is 0. The molecule has 0 unspecified atom stereocenters. The van der Waals surface area contributed by atoms with Gasteiger partial charge in [-0.05, 0) is 23.8 Å². The summed E-state index contributed by atoms with van der Waals surface area (Å²) in [5.74, 6) is 0.701. The summed E-state index contributed by atoms with van der Waals surface area (Å²) in [7, 11) is 0. The summed E-state index contributed by atoms with van der Waals surface area (Å²) in [5.41, 5.74) is 2.05. The number of nitrogens with one attached hydrogen (secondary N) is 1. The smallest absolute Gasteiger partial charge is 0.234 e. The van der Waals surface area contributed by atoms with Crippen LogP contribution in [0.3, 0.4) is 0 Å². The molecule has 0 aromatic heterocycles. The fraction of sp³-hybridized carbons (Fsp3) is 0.125. The van der Waals surface area contributed by atoms with Crippen LogP contribution in [0.1, 0.15) is 11.1 Å². The highest BCUT2D eigenvalue weighted by Gasteiger charge is 2.09. The average molecular weight is 351 g/mol. The average Bonchev–Trinajstić information content (AvgIpc) is 2.52. The maximum Gasteiger partial charge on any atom is 0.234 e. The van der Waals surface area contributed by atoms with Crippen LogP contribution in [0.2, 0.25) is 10.0 Å². The van der Waals surface area contributed by atoms with Crippen molar-refractivity contribution in [2.75, 3.05) is 11.1 Å². The first kappa shape index (κ1) is 16.7. The number of hydrogen-bond donors (Lipinski definition) is 1. The number of hydrogen-bond acceptors (Lipinski definition) is 3. The third-order valence-corrected chi connectivity index (χ3v) is 4.65. The van der Waals surface area contributed by atoms with Crippen LogP contribution in [0.5, 0.6) is 0 Å². The molecule has 3 nitrogen and oxygen atoms in total. The van der Waals surface area contributed by atoms with Gasteiger partial charge in [0.15, 0.2) is 0 Å². The Hall–Kier alpha value is -1.67. The van der Waals surface area contributed by atoms with Gasteiger partial charge >= 0.3 is 0 Å². The van der Waals surface area contributed by atoms with Gasteiger partial charge in [-0.1, -0.05) is 47.5 Å². The van der Waals surface area contributed by atoms with Gasteiger partial charge in [0, 0.05) is 5.75 Å². The molecule has 0 fully saturated rings. The van der Waals surface area contributed by atoms with Gasteiger partial charge in [0.25, 0.3) is 0 Å². The van der Waals surface area contributed by atoms with Crippen LogP contribution in [0, 0.1) is 11.3 Å². The second kappa shape index (κ2) is 8.09. The van der Waals surface area contributed by atoms with E-state index >= 15 is 0 Å². The lowest BCUT2D eigenvalue weighted by atomic mass is 10.1. The van der Waals surface area contributed by atoms with Gasteiger partial charge in [-0.25, -0.2) is 0 Å². The van der Waals surface area contributed by atoms with Crippen molar-refractivity contribution < 1.29 is 4.79 Å². The minimum Gasteiger partial charge on any atom is -0.324 e. The molecule has 0 radical (unpaired) electrons. The van der Waals surface area contributed by atoms with Gasteiger partial charge in [-0.3, -0.25) is 4.79 Å². The molecule has 2 rings (SSSR count). The van der Waals surface area contributed by atoms with Crippen LogP contribution < -0.4 is 5.32 Å². The van der Waals surface area contributed by atoms with E-state index in [0.29, 0.717) is 27.0 Å². The zero-order valence-electron chi connectivity index (χ0n) is 11.5. The molecule has 22 heavy (non-hydrogen) atoms. The number of rotatable bonds is 5. The van der Waals surface area contributed by atoms with Crippen LogP contribution in [-0.4, -0.2) is 11.7 Å². The summed E-state index contributed by atoms with van der Waals surface area (Å²) in [5, 5.41) is 12.5. The lowest BCUT2D eigenvalue weighted by molar-refractivity contribution is -0.113. The summed E-state index contributed by atoms with van der Waals surface area (Å²) in [6, 6.07) is 14.6. The van der Waals surface area contributed by atoms with Gasteiger partial charge in [0.1, 0.15) is 0 Å². The molecule has 2 aromatic carbocycles. The second-order valence-electron chi connectivity index (χ2n) is 4.41. The molecule has 0 aliphatic rings. The number of nitriles is 1. The topological polar surface area (TPSA) is 52.9 Å². The standard InChI is InChI=1S/C16H12Cl2N2OS/c17-13-6-3-7-14(16(13)18)20-15(21)10-22-9-12-5-2-1-4-11(12)8-19/h1-7H,9-10H2,(H,20,21). The van der Waals surface area contributed by atoms with Crippen molar-refractivity contribution in [3.63, 3.8) is 0 Å². The van der Waals surface area contributed by atoms with E-state index in [9.17, 15) is 4.79 Å². The Bertz CT molecular complexity index is 728. The van der Waals surface area contributed by atoms with Crippen molar-refractivity contribution in [3.8, 4) is 6.07 Å². The molecule has 2 aromatic rings. The van der Waals surface area contributed by atoms with Crippen LogP contribution in [0.25, 0.3) is 0 Å². The zero-order valence-corrected chi connectivity index (χ0v) is 13.8. The van der Waals surface area contributed by atoms with Crippen molar-refractivity contribution in [2.24, 2.45) is 0 Å². The largest absolute Gasteiger partial charge is 0.324 e. The Morgan fingerprint density at radius 3 is 2.73 bits per heavy atom. The Morgan fingerprint density at radius 2 is 1.95 bits per heavy atom. The fourth-order valence-corrected chi connectivity index (χ4v) is 2.97. The van der Waals surface area contributed by atoms with Crippen molar-refractivity contribution >= 4 is 46.6 Å². The highest BCUT2D eigenvalue weighted by atomic mass is 35.5. The van der Waals surface area contributed by atoms with E-state index in [1.54, 1.807) is 24.3 Å². The number of nitrogens with zero attached hydrogens (tertiary/aromatic N) is 1. The molecule has 0 saturated carbocycles. The van der Waals surface area contributed by atoms with E-state index in [1.807, 2.05) is 18.2 Å². The van der Waals surface area contributed by atoms with E-state index in [0.717, 1.165) is 5.56 Å². The first-order chi connectivity index (χ1) is 10.6. The lowest BCUT2D eigenvalue weighted by Gasteiger charge is -2.08. The molecule has 0 spiro atoms. The van der Waals surface area contributed by atoms with E-state index in [1.165, 1.54) is 11.8 Å². The molecule has 6 heteroatoms. The van der Waals surface area contributed by atoms with E-state index in [4.69, 9.17) is 28.5 Å². The molecule has 112 valence electrons. The maximum atomic E-state index is 11.9. The summed E-state index contributed by atoms with van der Waals surface area (Å²) in [6.07, 6.45) is 0. The van der Waals surface area contributed by atoms with Crippen LogP contribution in [0.4, 0.5) is 5.69 Å². The fourth-order valence-electron chi connectivity index (χ4n) is 1.80. The predicted molar refractivity (Wildman–Crippen MR) is 92.4 cm³/mol. The Morgan fingerprint density at radius 1 is 1.18 bits per heavy atom. The maximum absolute atomic E-state index is 11.9. The van der Waals surface area contributed by atoms with E-state index < -0.39 is 0 Å². The number of carbonyl (C=O) groups is 1. The highest BCUT2D eigenvalue weighted by Crippen LogP contribution is 2.29. The quantitative estimate of drug-likeness (QED) is 0.847. The predicted octanol–water partition coefficient (Wildman–Crippen LogP) is 4.74. The van der Waals surface area contributed by atoms with Gasteiger partial charge in [0.2, 0.25) is 5.91 Å². The number of halogens is 2. The summed E-state index contributed by atoms with van der Waals surface area (Å²) >= 11 is 13.3. The molecule has 0 atom stereocenters. The normalized spacial score (nSPS) is 10.0. The number of thioether (sulfide) groups is 1. The van der Waals surface area contributed by atoms with Crippen LogP contribution >= 0.6 is 35.0 Å².